The summed E-state index contributed by atoms with van der Waals surface area (Å²) in [5.74, 6) is 0. The Kier molecular flexibility index (Phi) is 6.62. The lowest BCUT2D eigenvalue weighted by atomic mass is 10.1. The molecular formula is C13H18. The highest BCUT2D eigenvalue weighted by molar-refractivity contribution is 5.40. The molecule has 0 heteroatoms. The van der Waals surface area contributed by atoms with Crippen molar-refractivity contribution < 1.29 is 0 Å². The molecule has 0 aromatic heterocycles. The van der Waals surface area contributed by atoms with E-state index in [4.69, 9.17) is 0 Å². The van der Waals surface area contributed by atoms with Crippen molar-refractivity contribution in [3.05, 3.63) is 60.3 Å². The molecule has 0 saturated heterocycles. The smallest absolute Gasteiger partial charge is 0.0270 e. The number of allylic oxidation sites excluding steroid dienone is 9. The third kappa shape index (κ3) is 5.02. The second kappa shape index (κ2) is 7.35. The minimum Gasteiger partial charge on any atom is -0.0991 e. The largest absolute Gasteiger partial charge is 0.0991 e. The first-order valence-corrected chi connectivity index (χ1v) is 4.51. The predicted octanol–water partition coefficient (Wildman–Crippen LogP) is 4.20. The highest BCUT2D eigenvalue weighted by atomic mass is 14.0. The van der Waals surface area contributed by atoms with Gasteiger partial charge in [0, 0.05) is 0 Å². The van der Waals surface area contributed by atoms with Crippen molar-refractivity contribution in [1.82, 2.24) is 0 Å². The lowest BCUT2D eigenvalue weighted by molar-refractivity contribution is 1.40. The van der Waals surface area contributed by atoms with Gasteiger partial charge in [-0.15, -0.1) is 0 Å². The third-order valence-corrected chi connectivity index (χ3v) is 1.72. The molecule has 0 N–H and O–H groups in total. The van der Waals surface area contributed by atoms with Crippen LogP contribution in [0.25, 0.3) is 0 Å². The Labute approximate surface area is 81.7 Å². The fourth-order valence-corrected chi connectivity index (χ4v) is 0.964. The standard InChI is InChI=1S/C13H18/c1-5-8-10-12(4)13(7-3)11-9-6-2/h5-11H,2H2,1,3-4H3/b8-5-,11-9-,12-10-,13-7-. The third-order valence-electron chi connectivity index (χ3n) is 1.72. The summed E-state index contributed by atoms with van der Waals surface area (Å²) in [5, 5.41) is 0. The number of hydrogen-bond donors (Lipinski definition) is 0. The Morgan fingerprint density at radius 2 is 1.85 bits per heavy atom. The molecule has 0 saturated carbocycles. The topological polar surface area (TPSA) is 0 Å². The molecule has 13 heavy (non-hydrogen) atoms. The zero-order valence-electron chi connectivity index (χ0n) is 8.75. The van der Waals surface area contributed by atoms with E-state index < -0.39 is 0 Å². The van der Waals surface area contributed by atoms with Crippen LogP contribution in [0.15, 0.2) is 60.3 Å². The van der Waals surface area contributed by atoms with Crippen LogP contribution >= 0.6 is 0 Å². The highest BCUT2D eigenvalue weighted by Crippen LogP contribution is 2.10. The molecule has 0 aromatic rings. The molecule has 0 aliphatic carbocycles. The molecule has 0 rings (SSSR count). The fourth-order valence-electron chi connectivity index (χ4n) is 0.964. The Balaban J connectivity index is 4.60. The van der Waals surface area contributed by atoms with E-state index in [0.717, 1.165) is 0 Å². The van der Waals surface area contributed by atoms with Crippen molar-refractivity contribution in [2.24, 2.45) is 0 Å². The van der Waals surface area contributed by atoms with Gasteiger partial charge in [-0.1, -0.05) is 49.1 Å². The summed E-state index contributed by atoms with van der Waals surface area (Å²) in [4.78, 5) is 0. The van der Waals surface area contributed by atoms with Gasteiger partial charge in [0.1, 0.15) is 0 Å². The summed E-state index contributed by atoms with van der Waals surface area (Å²) in [7, 11) is 0. The molecule has 0 aromatic carbocycles. The van der Waals surface area contributed by atoms with Crippen LogP contribution < -0.4 is 0 Å². The molecule has 0 spiro atoms. The van der Waals surface area contributed by atoms with Crippen molar-refractivity contribution in [1.29, 1.82) is 0 Å². The van der Waals surface area contributed by atoms with Crippen LogP contribution in [0.2, 0.25) is 0 Å². The fraction of sp³-hybridized carbons (Fsp3) is 0.231. The van der Waals surface area contributed by atoms with Gasteiger partial charge in [0.15, 0.2) is 0 Å². The molecule has 0 amide bonds. The zero-order valence-corrected chi connectivity index (χ0v) is 8.75. The normalized spacial score (nSPS) is 14.4. The first-order valence-electron chi connectivity index (χ1n) is 4.51. The van der Waals surface area contributed by atoms with Gasteiger partial charge in [-0.2, -0.15) is 0 Å². The van der Waals surface area contributed by atoms with E-state index in [1.54, 1.807) is 6.08 Å². The summed E-state index contributed by atoms with van der Waals surface area (Å²) >= 11 is 0. The van der Waals surface area contributed by atoms with Crippen LogP contribution in [0.4, 0.5) is 0 Å². The molecule has 0 unspecified atom stereocenters. The lowest BCUT2D eigenvalue weighted by Crippen LogP contribution is -1.79. The van der Waals surface area contributed by atoms with Gasteiger partial charge < -0.3 is 0 Å². The molecule has 0 fully saturated rings. The molecule has 0 radical (unpaired) electrons. The Morgan fingerprint density at radius 3 is 2.31 bits per heavy atom. The van der Waals surface area contributed by atoms with Gasteiger partial charge in [-0.25, -0.2) is 0 Å². The molecule has 0 nitrogen and oxygen atoms in total. The van der Waals surface area contributed by atoms with Crippen LogP contribution in [0.1, 0.15) is 20.8 Å². The first-order chi connectivity index (χ1) is 6.26. The second-order valence-corrected chi connectivity index (χ2v) is 2.71. The summed E-state index contributed by atoms with van der Waals surface area (Å²) in [5.41, 5.74) is 2.50. The summed E-state index contributed by atoms with van der Waals surface area (Å²) in [6.07, 6.45) is 14.0. The van der Waals surface area contributed by atoms with Crippen molar-refractivity contribution in [3.8, 4) is 0 Å². The molecule has 70 valence electrons. The van der Waals surface area contributed by atoms with E-state index in [1.165, 1.54) is 11.1 Å². The Morgan fingerprint density at radius 1 is 1.15 bits per heavy atom. The monoisotopic (exact) mass is 174 g/mol. The van der Waals surface area contributed by atoms with Crippen molar-refractivity contribution in [3.63, 3.8) is 0 Å². The molecule has 0 aliphatic heterocycles. The maximum atomic E-state index is 3.64. The molecular weight excluding hydrogens is 156 g/mol. The quantitative estimate of drug-likeness (QED) is 0.560. The van der Waals surface area contributed by atoms with Gasteiger partial charge in [-0.05, 0) is 31.9 Å². The molecule has 0 atom stereocenters. The van der Waals surface area contributed by atoms with Crippen LogP contribution in [-0.2, 0) is 0 Å². The van der Waals surface area contributed by atoms with Gasteiger partial charge >= 0.3 is 0 Å². The number of rotatable bonds is 4. The zero-order chi connectivity index (χ0) is 10.1. The molecule has 0 heterocycles. The van der Waals surface area contributed by atoms with Gasteiger partial charge in [0.25, 0.3) is 0 Å². The van der Waals surface area contributed by atoms with Gasteiger partial charge in [0.2, 0.25) is 0 Å². The van der Waals surface area contributed by atoms with Crippen LogP contribution in [-0.4, -0.2) is 0 Å². The van der Waals surface area contributed by atoms with E-state index >= 15 is 0 Å². The maximum absolute atomic E-state index is 3.64. The Bertz CT molecular complexity index is 260. The van der Waals surface area contributed by atoms with Gasteiger partial charge in [-0.3, -0.25) is 0 Å². The minimum absolute atomic E-state index is 1.23. The SMILES string of the molecule is C=C\C=C/C(=C/C)C(/C)=C\C=C/C. The van der Waals surface area contributed by atoms with E-state index in [2.05, 4.69) is 31.7 Å². The minimum atomic E-state index is 1.23. The first kappa shape index (κ1) is 11.7. The van der Waals surface area contributed by atoms with E-state index in [1.807, 2.05) is 32.1 Å². The highest BCUT2D eigenvalue weighted by Gasteiger charge is 1.90. The van der Waals surface area contributed by atoms with Crippen LogP contribution in [0.5, 0.6) is 0 Å². The van der Waals surface area contributed by atoms with E-state index in [0.29, 0.717) is 0 Å². The summed E-state index contributed by atoms with van der Waals surface area (Å²) in [6, 6.07) is 0. The predicted molar refractivity (Wildman–Crippen MR) is 61.7 cm³/mol. The van der Waals surface area contributed by atoms with E-state index in [-0.39, 0.29) is 0 Å². The van der Waals surface area contributed by atoms with Crippen molar-refractivity contribution in [2.75, 3.05) is 0 Å². The van der Waals surface area contributed by atoms with Crippen molar-refractivity contribution in [2.45, 2.75) is 20.8 Å². The maximum Gasteiger partial charge on any atom is -0.0270 e. The number of hydrogen-bond acceptors (Lipinski definition) is 0. The average Bonchev–Trinajstić information content (AvgIpc) is 2.16. The van der Waals surface area contributed by atoms with Crippen LogP contribution in [0, 0.1) is 0 Å². The van der Waals surface area contributed by atoms with Gasteiger partial charge in [0.05, 0.1) is 0 Å². The van der Waals surface area contributed by atoms with E-state index in [9.17, 15) is 0 Å². The van der Waals surface area contributed by atoms with Crippen LogP contribution in [0.3, 0.4) is 0 Å². The second-order valence-electron chi connectivity index (χ2n) is 2.71. The average molecular weight is 174 g/mol. The summed E-state index contributed by atoms with van der Waals surface area (Å²) in [6.45, 7) is 9.79. The lowest BCUT2D eigenvalue weighted by Gasteiger charge is -1.99. The molecule has 0 aliphatic rings. The summed E-state index contributed by atoms with van der Waals surface area (Å²) < 4.78 is 0. The molecule has 0 bridgehead atoms. The Hall–Kier alpha value is -1.30. The van der Waals surface area contributed by atoms with Crippen molar-refractivity contribution >= 4 is 0 Å².